The predicted molar refractivity (Wildman–Crippen MR) is 118 cm³/mol. The quantitative estimate of drug-likeness (QED) is 0.568. The Hall–Kier alpha value is -3.27. The zero-order valence-electron chi connectivity index (χ0n) is 17.2. The molecule has 2 N–H and O–H groups in total. The molecule has 4 rings (SSSR count). The molecule has 1 amide bonds. The highest BCUT2D eigenvalue weighted by molar-refractivity contribution is 7.92. The first-order chi connectivity index (χ1) is 15.5. The third-order valence-corrected chi connectivity index (χ3v) is 6.69. The van der Waals surface area contributed by atoms with Crippen molar-refractivity contribution in [1.29, 1.82) is 0 Å². The highest BCUT2D eigenvalue weighted by Gasteiger charge is 2.37. The maximum Gasteiger partial charge on any atom is 0.261 e. The number of sulfonamides is 1. The minimum Gasteiger partial charge on any atom is -0.394 e. The van der Waals surface area contributed by atoms with Gasteiger partial charge in [-0.25, -0.2) is 8.42 Å². The number of carbonyl (C=O) groups is 1. The van der Waals surface area contributed by atoms with E-state index >= 15 is 0 Å². The van der Waals surface area contributed by atoms with E-state index in [0.717, 1.165) is 11.1 Å². The smallest absolute Gasteiger partial charge is 0.261 e. The number of nitrogens with zero attached hydrogens (tertiary/aromatic N) is 2. The lowest BCUT2D eigenvalue weighted by Crippen LogP contribution is -2.52. The molecule has 1 saturated heterocycles. The minimum atomic E-state index is -3.70. The summed E-state index contributed by atoms with van der Waals surface area (Å²) in [5.74, 6) is -0.204. The van der Waals surface area contributed by atoms with Gasteiger partial charge in [0.1, 0.15) is 12.7 Å². The van der Waals surface area contributed by atoms with Crippen molar-refractivity contribution in [3.63, 3.8) is 0 Å². The minimum absolute atomic E-state index is 0.103. The number of aromatic nitrogens is 1. The van der Waals surface area contributed by atoms with Crippen LogP contribution in [0.15, 0.2) is 84.0 Å². The van der Waals surface area contributed by atoms with E-state index < -0.39 is 22.2 Å². The summed E-state index contributed by atoms with van der Waals surface area (Å²) >= 11 is 0. The highest BCUT2D eigenvalue weighted by Crippen LogP contribution is 2.31. The molecule has 8 nitrogen and oxygen atoms in total. The van der Waals surface area contributed by atoms with E-state index in [1.807, 2.05) is 12.1 Å². The standard InChI is InChI=1S/C23H23N3O5S/c27-15-21-23(31-16-22(28)26(21)14-17-10-12-24-13-11-17)18-6-8-19(9-7-18)25-32(29,30)20-4-2-1-3-5-20/h1-13,21,23,25,27H,14-16H2/t21-,23-/m1/s1. The van der Waals surface area contributed by atoms with Crippen LogP contribution in [0.1, 0.15) is 17.2 Å². The number of hydrogen-bond donors (Lipinski definition) is 2. The van der Waals surface area contributed by atoms with Crippen molar-refractivity contribution >= 4 is 21.6 Å². The summed E-state index contributed by atoms with van der Waals surface area (Å²) in [6.45, 7) is -0.0418. The summed E-state index contributed by atoms with van der Waals surface area (Å²) in [6.07, 6.45) is 2.77. The molecule has 0 bridgehead atoms. The van der Waals surface area contributed by atoms with Gasteiger partial charge in [0, 0.05) is 24.6 Å². The fourth-order valence-corrected chi connectivity index (χ4v) is 4.74. The van der Waals surface area contributed by atoms with Gasteiger partial charge in [-0.05, 0) is 47.5 Å². The molecule has 9 heteroatoms. The fraction of sp³-hybridized carbons (Fsp3) is 0.217. The number of aliphatic hydroxyl groups excluding tert-OH is 1. The number of pyridine rings is 1. The topological polar surface area (TPSA) is 109 Å². The molecule has 2 atom stereocenters. The van der Waals surface area contributed by atoms with Crippen LogP contribution in [0.4, 0.5) is 5.69 Å². The van der Waals surface area contributed by atoms with Gasteiger partial charge in [-0.3, -0.25) is 14.5 Å². The van der Waals surface area contributed by atoms with Crippen molar-refractivity contribution in [3.8, 4) is 0 Å². The molecule has 0 unspecified atom stereocenters. The molecule has 1 fully saturated rings. The Kier molecular flexibility index (Phi) is 6.50. The van der Waals surface area contributed by atoms with Crippen LogP contribution >= 0.6 is 0 Å². The predicted octanol–water partition coefficient (Wildman–Crippen LogP) is 2.34. The van der Waals surface area contributed by atoms with E-state index in [2.05, 4.69) is 9.71 Å². The van der Waals surface area contributed by atoms with E-state index in [1.54, 1.807) is 59.8 Å². The van der Waals surface area contributed by atoms with Crippen molar-refractivity contribution in [1.82, 2.24) is 9.88 Å². The third-order valence-electron chi connectivity index (χ3n) is 5.29. The van der Waals surface area contributed by atoms with E-state index in [1.165, 1.54) is 12.1 Å². The second-order valence-corrected chi connectivity index (χ2v) is 9.08. The van der Waals surface area contributed by atoms with E-state index in [9.17, 15) is 18.3 Å². The molecule has 0 aliphatic carbocycles. The molecule has 32 heavy (non-hydrogen) atoms. The number of nitrogens with one attached hydrogen (secondary N) is 1. The molecule has 1 aliphatic heterocycles. The fourth-order valence-electron chi connectivity index (χ4n) is 3.66. The van der Waals surface area contributed by atoms with Crippen molar-refractivity contribution in [2.24, 2.45) is 0 Å². The van der Waals surface area contributed by atoms with Crippen LogP contribution in [0, 0.1) is 0 Å². The number of carbonyl (C=O) groups excluding carboxylic acids is 1. The number of benzene rings is 2. The second-order valence-electron chi connectivity index (χ2n) is 7.40. The highest BCUT2D eigenvalue weighted by atomic mass is 32.2. The van der Waals surface area contributed by atoms with Gasteiger partial charge in [-0.15, -0.1) is 0 Å². The van der Waals surface area contributed by atoms with Crippen LogP contribution in [0.2, 0.25) is 0 Å². The summed E-state index contributed by atoms with van der Waals surface area (Å²) < 4.78 is 33.3. The van der Waals surface area contributed by atoms with Gasteiger partial charge in [0.25, 0.3) is 10.0 Å². The van der Waals surface area contributed by atoms with Gasteiger partial charge >= 0.3 is 0 Å². The first-order valence-electron chi connectivity index (χ1n) is 10.1. The van der Waals surface area contributed by atoms with E-state index in [-0.39, 0.29) is 24.0 Å². The average molecular weight is 454 g/mol. The third kappa shape index (κ3) is 4.80. The Morgan fingerprint density at radius 2 is 1.72 bits per heavy atom. The Labute approximate surface area is 186 Å². The second kappa shape index (κ2) is 9.47. The van der Waals surface area contributed by atoms with Gasteiger partial charge in [0.2, 0.25) is 5.91 Å². The Morgan fingerprint density at radius 3 is 2.38 bits per heavy atom. The van der Waals surface area contributed by atoms with Gasteiger partial charge < -0.3 is 14.7 Å². The van der Waals surface area contributed by atoms with E-state index in [4.69, 9.17) is 4.74 Å². The zero-order valence-corrected chi connectivity index (χ0v) is 18.0. The number of hydrogen-bond acceptors (Lipinski definition) is 6. The van der Waals surface area contributed by atoms with Crippen LogP contribution in [-0.4, -0.2) is 48.6 Å². The molecule has 2 aromatic carbocycles. The molecular weight excluding hydrogens is 430 g/mol. The van der Waals surface area contributed by atoms with Crippen molar-refractivity contribution < 1.29 is 23.1 Å². The Balaban J connectivity index is 1.52. The lowest BCUT2D eigenvalue weighted by atomic mass is 9.98. The maximum atomic E-state index is 12.5. The molecule has 166 valence electrons. The monoisotopic (exact) mass is 453 g/mol. The summed E-state index contributed by atoms with van der Waals surface area (Å²) in [4.78, 5) is 18.3. The van der Waals surface area contributed by atoms with Crippen molar-refractivity contribution in [2.45, 2.75) is 23.6 Å². The normalized spacial score (nSPS) is 19.0. The number of ether oxygens (including phenoxy) is 1. The van der Waals surface area contributed by atoms with Gasteiger partial charge in [0.05, 0.1) is 17.5 Å². The van der Waals surface area contributed by atoms with Crippen LogP contribution in [0.3, 0.4) is 0 Å². The lowest BCUT2D eigenvalue weighted by Gasteiger charge is -2.40. The SMILES string of the molecule is O=C1CO[C@H](c2ccc(NS(=O)(=O)c3ccccc3)cc2)[C@@H](CO)N1Cc1ccncc1. The largest absolute Gasteiger partial charge is 0.394 e. The van der Waals surface area contributed by atoms with Gasteiger partial charge in [0.15, 0.2) is 0 Å². The van der Waals surface area contributed by atoms with Gasteiger partial charge in [-0.1, -0.05) is 30.3 Å². The summed E-state index contributed by atoms with van der Waals surface area (Å²) in [6, 6.07) is 17.9. The number of morpholine rings is 1. The Bertz CT molecular complexity index is 1160. The molecule has 3 aromatic rings. The molecule has 0 radical (unpaired) electrons. The molecule has 0 spiro atoms. The molecular formula is C23H23N3O5S. The maximum absolute atomic E-state index is 12.5. The number of aliphatic hydroxyl groups is 1. The Morgan fingerprint density at radius 1 is 1.03 bits per heavy atom. The number of rotatable bonds is 7. The first kappa shape index (κ1) is 21.9. The van der Waals surface area contributed by atoms with Gasteiger partial charge in [-0.2, -0.15) is 0 Å². The summed E-state index contributed by atoms with van der Waals surface area (Å²) in [5.41, 5.74) is 2.04. The lowest BCUT2D eigenvalue weighted by molar-refractivity contribution is -0.162. The van der Waals surface area contributed by atoms with Crippen molar-refractivity contribution in [3.05, 3.63) is 90.3 Å². The number of anilines is 1. The van der Waals surface area contributed by atoms with E-state index in [0.29, 0.717) is 12.2 Å². The summed E-state index contributed by atoms with van der Waals surface area (Å²) in [5, 5.41) is 10.0. The summed E-state index contributed by atoms with van der Waals surface area (Å²) in [7, 11) is -3.70. The van der Waals surface area contributed by atoms with Crippen LogP contribution < -0.4 is 4.72 Å². The van der Waals surface area contributed by atoms with Crippen LogP contribution in [0.5, 0.6) is 0 Å². The molecule has 1 aromatic heterocycles. The molecule has 1 aliphatic rings. The van der Waals surface area contributed by atoms with Crippen molar-refractivity contribution in [2.75, 3.05) is 17.9 Å². The first-order valence-corrected chi connectivity index (χ1v) is 11.5. The molecule has 2 heterocycles. The average Bonchev–Trinajstić information content (AvgIpc) is 2.82. The van der Waals surface area contributed by atoms with Crippen LogP contribution in [-0.2, 0) is 26.1 Å². The number of amides is 1. The van der Waals surface area contributed by atoms with Crippen LogP contribution in [0.25, 0.3) is 0 Å². The molecule has 0 saturated carbocycles. The zero-order chi connectivity index (χ0) is 22.6.